The first kappa shape index (κ1) is 30.8. The van der Waals surface area contributed by atoms with Crippen molar-refractivity contribution in [3.05, 3.63) is 97.1 Å². The lowest BCUT2D eigenvalue weighted by atomic mass is 9.79. The second-order valence-corrected chi connectivity index (χ2v) is 13.0. The predicted molar refractivity (Wildman–Crippen MR) is 188 cm³/mol. The molecule has 5 aromatic heterocycles. The molecule has 51 heavy (non-hydrogen) atoms. The highest BCUT2D eigenvalue weighted by Gasteiger charge is 2.36. The van der Waals surface area contributed by atoms with Crippen molar-refractivity contribution in [3.8, 4) is 5.69 Å². The van der Waals surface area contributed by atoms with Crippen LogP contribution in [0.15, 0.2) is 85.8 Å². The van der Waals surface area contributed by atoms with Crippen LogP contribution in [0.3, 0.4) is 0 Å². The Morgan fingerprint density at radius 2 is 1.78 bits per heavy atom. The number of nitrogens with zero attached hydrogens (tertiary/aromatic N) is 9. The molecule has 0 spiro atoms. The molecule has 1 saturated carbocycles. The monoisotopic (exact) mass is 682 g/mol. The number of carbonyl (C=O) groups is 2. The van der Waals surface area contributed by atoms with E-state index in [0.717, 1.165) is 28.1 Å². The van der Waals surface area contributed by atoms with Crippen LogP contribution in [0, 0.1) is 5.92 Å². The van der Waals surface area contributed by atoms with E-state index < -0.39 is 0 Å². The Labute approximate surface area is 291 Å². The molecule has 2 aliphatic rings. The molecule has 2 aromatic carbocycles. The number of hydrogen-bond acceptors (Lipinski definition) is 10. The number of ether oxygens (including phenoxy) is 1. The van der Waals surface area contributed by atoms with Gasteiger partial charge in [-0.1, -0.05) is 41.6 Å². The van der Waals surface area contributed by atoms with Gasteiger partial charge in [-0.15, -0.1) is 5.10 Å². The number of anilines is 1. The number of pyridine rings is 1. The minimum atomic E-state index is -0.245. The molecule has 2 amide bonds. The molecule has 0 bridgehead atoms. The fourth-order valence-electron chi connectivity index (χ4n) is 7.11. The van der Waals surface area contributed by atoms with E-state index in [0.29, 0.717) is 62.5 Å². The summed E-state index contributed by atoms with van der Waals surface area (Å²) < 4.78 is 9.80. The van der Waals surface area contributed by atoms with Gasteiger partial charge in [0.2, 0.25) is 5.91 Å². The quantitative estimate of drug-likeness (QED) is 0.205. The van der Waals surface area contributed by atoms with Gasteiger partial charge < -0.3 is 29.8 Å². The number of amides is 2. The number of H-pyrrole nitrogens is 1. The highest BCUT2D eigenvalue weighted by Crippen LogP contribution is 2.30. The maximum Gasteiger partial charge on any atom is 0.253 e. The summed E-state index contributed by atoms with van der Waals surface area (Å²) in [5.74, 6) is 0.322. The topological polar surface area (TPSA) is 174 Å². The normalized spacial score (nSPS) is 19.0. The van der Waals surface area contributed by atoms with E-state index in [-0.39, 0.29) is 29.9 Å². The summed E-state index contributed by atoms with van der Waals surface area (Å²) in [5, 5.41) is 17.2. The number of aromatic nitrogens is 9. The summed E-state index contributed by atoms with van der Waals surface area (Å²) in [6.07, 6.45) is 9.11. The molecule has 1 saturated heterocycles. The summed E-state index contributed by atoms with van der Waals surface area (Å²) >= 11 is 0. The minimum Gasteiger partial charge on any atom is -0.373 e. The summed E-state index contributed by atoms with van der Waals surface area (Å²) in [6.45, 7) is 2.72. The molecule has 15 nitrogen and oxygen atoms in total. The van der Waals surface area contributed by atoms with Crippen molar-refractivity contribution in [1.82, 2.24) is 55.1 Å². The molecule has 7 aromatic rings. The molecular weight excluding hydrogens is 648 g/mol. The standard InChI is InChI=1S/C36H34N12O3/c49-35(38-16-27-19-46(9-10-51-27)34-32-33(40-20-39-32)41-21-42-34)22-11-24(12-22)43-36(50)23-13-26(15-37-14-23)48-18-25(44-45-48)17-47-30-7-3-1-5-28(30)29-6-2-4-8-31(29)47/h1-8,13-15,18,20-22,24,27H,9-12,16-17,19H2,(H,38,49)(H,43,50)(H,39,40,41,42). The van der Waals surface area contributed by atoms with E-state index in [1.807, 2.05) is 18.3 Å². The van der Waals surface area contributed by atoms with Crippen LogP contribution in [0.4, 0.5) is 5.82 Å². The van der Waals surface area contributed by atoms with E-state index in [4.69, 9.17) is 4.74 Å². The third-order valence-electron chi connectivity index (χ3n) is 9.78. The number of benzene rings is 2. The summed E-state index contributed by atoms with van der Waals surface area (Å²) in [6, 6.07) is 18.3. The van der Waals surface area contributed by atoms with Gasteiger partial charge >= 0.3 is 0 Å². The van der Waals surface area contributed by atoms with E-state index in [1.54, 1.807) is 23.3 Å². The lowest BCUT2D eigenvalue weighted by Crippen LogP contribution is -2.52. The molecule has 6 heterocycles. The molecule has 9 rings (SSSR count). The smallest absolute Gasteiger partial charge is 0.253 e. The van der Waals surface area contributed by atoms with Crippen LogP contribution in [-0.2, 0) is 16.1 Å². The Kier molecular flexibility index (Phi) is 7.80. The van der Waals surface area contributed by atoms with Gasteiger partial charge in [0.05, 0.1) is 49.2 Å². The zero-order chi connectivity index (χ0) is 34.3. The maximum atomic E-state index is 13.2. The fourth-order valence-corrected chi connectivity index (χ4v) is 7.11. The van der Waals surface area contributed by atoms with Crippen molar-refractivity contribution in [2.75, 3.05) is 31.1 Å². The van der Waals surface area contributed by atoms with Gasteiger partial charge in [-0.05, 0) is 31.0 Å². The number of hydrogen-bond donors (Lipinski definition) is 3. The van der Waals surface area contributed by atoms with E-state index >= 15 is 0 Å². The van der Waals surface area contributed by atoms with Crippen LogP contribution in [0.2, 0.25) is 0 Å². The van der Waals surface area contributed by atoms with Gasteiger partial charge in [0, 0.05) is 59.6 Å². The van der Waals surface area contributed by atoms with Gasteiger partial charge in [0.1, 0.15) is 17.5 Å². The highest BCUT2D eigenvalue weighted by molar-refractivity contribution is 6.08. The molecule has 256 valence electrons. The number of rotatable bonds is 9. The van der Waals surface area contributed by atoms with Crippen molar-refractivity contribution in [1.29, 1.82) is 0 Å². The van der Waals surface area contributed by atoms with Crippen LogP contribution >= 0.6 is 0 Å². The van der Waals surface area contributed by atoms with Gasteiger partial charge in [-0.3, -0.25) is 14.6 Å². The molecule has 1 aliphatic heterocycles. The average molecular weight is 683 g/mol. The lowest BCUT2D eigenvalue weighted by molar-refractivity contribution is -0.128. The van der Waals surface area contributed by atoms with Gasteiger partial charge in [-0.2, -0.15) is 0 Å². The molecular formula is C36H34N12O3. The molecule has 0 radical (unpaired) electrons. The Bertz CT molecular complexity index is 2340. The van der Waals surface area contributed by atoms with Crippen LogP contribution in [-0.4, -0.2) is 94.7 Å². The Morgan fingerprint density at radius 1 is 0.980 bits per heavy atom. The second-order valence-electron chi connectivity index (χ2n) is 13.0. The largest absolute Gasteiger partial charge is 0.373 e. The summed E-state index contributed by atoms with van der Waals surface area (Å²) in [4.78, 5) is 48.5. The Morgan fingerprint density at radius 3 is 2.61 bits per heavy atom. The van der Waals surface area contributed by atoms with Gasteiger partial charge in [-0.25, -0.2) is 19.6 Å². The number of para-hydroxylation sites is 2. The fraction of sp³-hybridized carbons (Fsp3) is 0.278. The number of nitrogens with one attached hydrogen (secondary N) is 3. The molecule has 15 heteroatoms. The minimum absolute atomic E-state index is 0.0363. The average Bonchev–Trinajstić information content (AvgIpc) is 3.91. The zero-order valence-electron chi connectivity index (χ0n) is 27.5. The number of aromatic amines is 1. The number of imidazole rings is 1. The summed E-state index contributed by atoms with van der Waals surface area (Å²) in [5.41, 5.74) is 5.48. The lowest BCUT2D eigenvalue weighted by Gasteiger charge is -2.36. The van der Waals surface area contributed by atoms with E-state index in [2.05, 4.69) is 91.7 Å². The first-order valence-electron chi connectivity index (χ1n) is 17.0. The highest BCUT2D eigenvalue weighted by atomic mass is 16.5. The van der Waals surface area contributed by atoms with Crippen molar-refractivity contribution < 1.29 is 14.3 Å². The Balaban J connectivity index is 0.781. The van der Waals surface area contributed by atoms with Crippen molar-refractivity contribution in [3.63, 3.8) is 0 Å². The first-order chi connectivity index (χ1) is 25.1. The Hall–Kier alpha value is -6.22. The number of fused-ring (bicyclic) bond motifs is 4. The van der Waals surface area contributed by atoms with Crippen LogP contribution in [0.25, 0.3) is 38.7 Å². The summed E-state index contributed by atoms with van der Waals surface area (Å²) in [7, 11) is 0. The first-order valence-corrected chi connectivity index (χ1v) is 17.0. The van der Waals surface area contributed by atoms with E-state index in [1.165, 1.54) is 23.3 Å². The third-order valence-corrected chi connectivity index (χ3v) is 9.78. The molecule has 2 fully saturated rings. The molecule has 1 atom stereocenters. The maximum absolute atomic E-state index is 13.2. The SMILES string of the molecule is O=C(NC1CC(C(=O)NCC2CN(c3ncnc4nc[nH]c34)CCO2)C1)c1cncc(-n2cc(Cn3c4ccccc4c4ccccc43)nn2)c1. The number of carbonyl (C=O) groups excluding carboxylic acids is 2. The van der Waals surface area contributed by atoms with Crippen molar-refractivity contribution >= 4 is 50.6 Å². The van der Waals surface area contributed by atoms with E-state index in [9.17, 15) is 9.59 Å². The van der Waals surface area contributed by atoms with Crippen molar-refractivity contribution in [2.24, 2.45) is 5.92 Å². The zero-order valence-corrected chi connectivity index (χ0v) is 27.5. The van der Waals surface area contributed by atoms with Gasteiger partial charge in [0.25, 0.3) is 5.91 Å². The molecule has 3 N–H and O–H groups in total. The molecule has 1 aliphatic carbocycles. The van der Waals surface area contributed by atoms with Crippen LogP contribution in [0.5, 0.6) is 0 Å². The number of morpholine rings is 1. The van der Waals surface area contributed by atoms with Crippen molar-refractivity contribution in [2.45, 2.75) is 31.5 Å². The van der Waals surface area contributed by atoms with Crippen LogP contribution in [0.1, 0.15) is 28.9 Å². The predicted octanol–water partition coefficient (Wildman–Crippen LogP) is 3.01. The molecule has 1 unspecified atom stereocenters. The van der Waals surface area contributed by atoms with Gasteiger partial charge in [0.15, 0.2) is 11.5 Å². The van der Waals surface area contributed by atoms with Crippen LogP contribution < -0.4 is 15.5 Å². The third kappa shape index (κ3) is 5.90. The second kappa shape index (κ2) is 12.9.